The number of likely N-dealkylation sites (tertiary alicyclic amines) is 2. The third-order valence-electron chi connectivity index (χ3n) is 6.89. The second-order valence-electron chi connectivity index (χ2n) is 9.78. The molecule has 2 aromatic carbocycles. The molecule has 2 aliphatic rings. The number of carbonyl (C=O) groups is 2. The molecule has 0 aliphatic carbocycles. The van der Waals surface area contributed by atoms with Gasteiger partial charge in [-0.05, 0) is 30.9 Å². The van der Waals surface area contributed by atoms with Gasteiger partial charge in [0.05, 0.1) is 5.92 Å². The van der Waals surface area contributed by atoms with Crippen LogP contribution in [-0.4, -0.2) is 58.8 Å². The van der Waals surface area contributed by atoms with Crippen LogP contribution < -0.4 is 5.32 Å². The molecule has 2 fully saturated rings. The van der Waals surface area contributed by atoms with Gasteiger partial charge in [-0.15, -0.1) is 0 Å². The lowest BCUT2D eigenvalue weighted by Gasteiger charge is -2.50. The number of hydrogen-bond donors (Lipinski definition) is 1. The quantitative estimate of drug-likeness (QED) is 0.658. The number of nitrogens with one attached hydrogen (secondary N) is 1. The van der Waals surface area contributed by atoms with Gasteiger partial charge in [-0.2, -0.15) is 0 Å². The molecule has 0 saturated carbocycles. The fourth-order valence-electron chi connectivity index (χ4n) is 5.40. The Kier molecular flexibility index (Phi) is 5.62. The standard InChI is InChI=1S/C27H30N4O2/c1-19(2)29-25(32)23-15-30(14-20-8-4-3-5-9-20)16-27(23)17-31(18-27)26(33)24-22-11-7-6-10-21(22)12-13-28-24/h3-13,19,23H,14-18H2,1-2H3,(H,29,32). The summed E-state index contributed by atoms with van der Waals surface area (Å²) in [7, 11) is 0. The highest BCUT2D eigenvalue weighted by atomic mass is 16.2. The SMILES string of the molecule is CC(C)NC(=O)C1CN(Cc2ccccc2)CC12CN(C(=O)c1nccc3ccccc13)C2. The van der Waals surface area contributed by atoms with Gasteiger partial charge in [0.2, 0.25) is 5.91 Å². The normalized spacial score (nSPS) is 19.7. The van der Waals surface area contributed by atoms with E-state index in [1.165, 1.54) is 5.56 Å². The molecule has 1 unspecified atom stereocenters. The van der Waals surface area contributed by atoms with Crippen LogP contribution in [0.1, 0.15) is 29.9 Å². The van der Waals surface area contributed by atoms with E-state index in [1.54, 1.807) is 6.20 Å². The summed E-state index contributed by atoms with van der Waals surface area (Å²) in [6.07, 6.45) is 1.70. The van der Waals surface area contributed by atoms with E-state index in [9.17, 15) is 9.59 Å². The number of amides is 2. The van der Waals surface area contributed by atoms with Crippen LogP contribution in [0, 0.1) is 11.3 Å². The maximum absolute atomic E-state index is 13.4. The Morgan fingerprint density at radius 3 is 2.52 bits per heavy atom. The van der Waals surface area contributed by atoms with Gasteiger partial charge in [0.25, 0.3) is 5.91 Å². The molecule has 6 heteroatoms. The van der Waals surface area contributed by atoms with E-state index in [2.05, 4.69) is 27.3 Å². The first-order valence-electron chi connectivity index (χ1n) is 11.6. The molecule has 6 nitrogen and oxygen atoms in total. The molecule has 2 aliphatic heterocycles. The molecule has 33 heavy (non-hydrogen) atoms. The fraction of sp³-hybridized carbons (Fsp3) is 0.370. The highest BCUT2D eigenvalue weighted by molar-refractivity contribution is 6.05. The summed E-state index contributed by atoms with van der Waals surface area (Å²) in [6, 6.07) is 20.2. The van der Waals surface area contributed by atoms with Crippen molar-refractivity contribution in [3.8, 4) is 0 Å². The van der Waals surface area contributed by atoms with Crippen molar-refractivity contribution in [3.63, 3.8) is 0 Å². The van der Waals surface area contributed by atoms with Crippen LogP contribution in [0.2, 0.25) is 0 Å². The van der Waals surface area contributed by atoms with E-state index in [0.717, 1.165) is 23.9 Å². The lowest BCUT2D eigenvalue weighted by atomic mass is 9.71. The minimum atomic E-state index is -0.214. The van der Waals surface area contributed by atoms with Gasteiger partial charge in [-0.1, -0.05) is 54.6 Å². The van der Waals surface area contributed by atoms with E-state index in [-0.39, 0.29) is 29.2 Å². The van der Waals surface area contributed by atoms with Gasteiger partial charge < -0.3 is 10.2 Å². The van der Waals surface area contributed by atoms with Crippen molar-refractivity contribution in [2.24, 2.45) is 11.3 Å². The number of rotatable bonds is 5. The van der Waals surface area contributed by atoms with Crippen molar-refractivity contribution >= 4 is 22.6 Å². The zero-order valence-electron chi connectivity index (χ0n) is 19.2. The maximum atomic E-state index is 13.4. The molecule has 2 amide bonds. The molecule has 0 radical (unpaired) electrons. The molecule has 5 rings (SSSR count). The monoisotopic (exact) mass is 442 g/mol. The first-order valence-corrected chi connectivity index (χ1v) is 11.6. The molecule has 3 aromatic rings. The number of nitrogens with zero attached hydrogens (tertiary/aromatic N) is 3. The van der Waals surface area contributed by atoms with Gasteiger partial charge in [-0.3, -0.25) is 19.5 Å². The molecule has 1 aromatic heterocycles. The van der Waals surface area contributed by atoms with Crippen molar-refractivity contribution in [2.75, 3.05) is 26.2 Å². The highest BCUT2D eigenvalue weighted by Gasteiger charge is 2.58. The summed E-state index contributed by atoms with van der Waals surface area (Å²) in [5.74, 6) is -0.0916. The molecule has 2 saturated heterocycles. The fourth-order valence-corrected chi connectivity index (χ4v) is 5.40. The molecule has 3 heterocycles. The molecule has 1 N–H and O–H groups in total. The average Bonchev–Trinajstić information content (AvgIpc) is 3.17. The summed E-state index contributed by atoms with van der Waals surface area (Å²) < 4.78 is 0. The summed E-state index contributed by atoms with van der Waals surface area (Å²) in [5, 5.41) is 4.99. The van der Waals surface area contributed by atoms with Crippen LogP contribution in [0.3, 0.4) is 0 Å². The third kappa shape index (κ3) is 4.11. The number of hydrogen-bond acceptors (Lipinski definition) is 4. The molecule has 170 valence electrons. The minimum absolute atomic E-state index is 0.0537. The van der Waals surface area contributed by atoms with Gasteiger partial charge in [0.1, 0.15) is 5.69 Å². The van der Waals surface area contributed by atoms with Gasteiger partial charge in [0, 0.05) is 55.8 Å². The first kappa shape index (κ1) is 21.6. The zero-order valence-corrected chi connectivity index (χ0v) is 19.2. The van der Waals surface area contributed by atoms with E-state index >= 15 is 0 Å². The summed E-state index contributed by atoms with van der Waals surface area (Å²) >= 11 is 0. The molecular formula is C27H30N4O2. The van der Waals surface area contributed by atoms with Crippen molar-refractivity contribution in [3.05, 3.63) is 78.1 Å². The predicted octanol–water partition coefficient (Wildman–Crippen LogP) is 3.33. The Bertz CT molecular complexity index is 1170. The Morgan fingerprint density at radius 2 is 1.76 bits per heavy atom. The van der Waals surface area contributed by atoms with Gasteiger partial charge in [-0.25, -0.2) is 0 Å². The third-order valence-corrected chi connectivity index (χ3v) is 6.89. The predicted molar refractivity (Wildman–Crippen MR) is 129 cm³/mol. The second kappa shape index (κ2) is 8.60. The molecule has 1 atom stereocenters. The Balaban J connectivity index is 1.36. The number of aromatic nitrogens is 1. The van der Waals surface area contributed by atoms with Crippen molar-refractivity contribution < 1.29 is 9.59 Å². The molecule has 0 bridgehead atoms. The molecular weight excluding hydrogens is 412 g/mol. The summed E-state index contributed by atoms with van der Waals surface area (Å²) in [4.78, 5) is 35.1. The zero-order chi connectivity index (χ0) is 23.0. The van der Waals surface area contributed by atoms with Crippen LogP contribution in [0.5, 0.6) is 0 Å². The largest absolute Gasteiger partial charge is 0.354 e. The number of fused-ring (bicyclic) bond motifs is 1. The van der Waals surface area contributed by atoms with Crippen LogP contribution in [-0.2, 0) is 11.3 Å². The van der Waals surface area contributed by atoms with Crippen molar-refractivity contribution in [1.82, 2.24) is 20.1 Å². The summed E-state index contributed by atoms with van der Waals surface area (Å²) in [6.45, 7) is 7.48. The Hall–Kier alpha value is -3.25. The Morgan fingerprint density at radius 1 is 1.03 bits per heavy atom. The van der Waals surface area contributed by atoms with Crippen LogP contribution in [0.25, 0.3) is 10.8 Å². The number of benzene rings is 2. The maximum Gasteiger partial charge on any atom is 0.273 e. The van der Waals surface area contributed by atoms with Gasteiger partial charge in [0.15, 0.2) is 0 Å². The topological polar surface area (TPSA) is 65.5 Å². The highest BCUT2D eigenvalue weighted by Crippen LogP contribution is 2.45. The van der Waals surface area contributed by atoms with Gasteiger partial charge >= 0.3 is 0 Å². The Labute approximate surface area is 194 Å². The van der Waals surface area contributed by atoms with Crippen molar-refractivity contribution in [2.45, 2.75) is 26.4 Å². The van der Waals surface area contributed by atoms with Crippen LogP contribution in [0.15, 0.2) is 66.9 Å². The number of pyridine rings is 1. The average molecular weight is 443 g/mol. The van der Waals surface area contributed by atoms with Crippen LogP contribution >= 0.6 is 0 Å². The summed E-state index contributed by atoms with van der Waals surface area (Å²) in [5.41, 5.74) is 1.52. The number of carbonyl (C=O) groups excluding carboxylic acids is 2. The lowest BCUT2D eigenvalue weighted by molar-refractivity contribution is -0.131. The minimum Gasteiger partial charge on any atom is -0.354 e. The molecule has 1 spiro atoms. The van der Waals surface area contributed by atoms with E-state index < -0.39 is 0 Å². The lowest BCUT2D eigenvalue weighted by Crippen LogP contribution is -2.64. The van der Waals surface area contributed by atoms with E-state index in [0.29, 0.717) is 25.3 Å². The first-order chi connectivity index (χ1) is 15.9. The van der Waals surface area contributed by atoms with Crippen LogP contribution in [0.4, 0.5) is 0 Å². The van der Waals surface area contributed by atoms with Crippen molar-refractivity contribution in [1.29, 1.82) is 0 Å². The van der Waals surface area contributed by atoms with E-state index in [4.69, 9.17) is 0 Å². The van der Waals surface area contributed by atoms with E-state index in [1.807, 2.05) is 67.3 Å². The second-order valence-corrected chi connectivity index (χ2v) is 9.78. The smallest absolute Gasteiger partial charge is 0.273 e.